The van der Waals surface area contributed by atoms with Crippen LogP contribution >= 0.6 is 0 Å². The predicted octanol–water partition coefficient (Wildman–Crippen LogP) is 1.13. The van der Waals surface area contributed by atoms with Gasteiger partial charge in [-0.1, -0.05) is 12.1 Å². The van der Waals surface area contributed by atoms with Crippen LogP contribution in [0, 0.1) is 11.3 Å². The van der Waals surface area contributed by atoms with E-state index >= 15 is 0 Å². The fourth-order valence-corrected chi connectivity index (χ4v) is 4.40. The molecule has 2 aromatic heterocycles. The van der Waals surface area contributed by atoms with E-state index in [0.29, 0.717) is 17.3 Å². The molecule has 1 fully saturated rings. The summed E-state index contributed by atoms with van der Waals surface area (Å²) in [6.45, 7) is 2.87. The second kappa shape index (κ2) is 6.07. The van der Waals surface area contributed by atoms with Crippen molar-refractivity contribution in [2.45, 2.75) is 18.9 Å². The average Bonchev–Trinajstić information content (AvgIpc) is 3.32. The third-order valence-electron chi connectivity index (χ3n) is 5.86. The smallest absolute Gasteiger partial charge is 0.157 e. The van der Waals surface area contributed by atoms with Gasteiger partial charge in [0.1, 0.15) is 11.6 Å². The highest BCUT2D eigenvalue weighted by molar-refractivity contribution is 5.82. The van der Waals surface area contributed by atoms with Gasteiger partial charge in [0.25, 0.3) is 0 Å². The zero-order valence-electron chi connectivity index (χ0n) is 15.7. The molecule has 2 aliphatic heterocycles. The van der Waals surface area contributed by atoms with Gasteiger partial charge in [0.05, 0.1) is 16.6 Å². The number of para-hydroxylation sites is 2. The number of nitrogens with zero attached hydrogens (tertiary/aromatic N) is 6. The first-order valence-corrected chi connectivity index (χ1v) is 9.46. The molecule has 0 saturated carbocycles. The summed E-state index contributed by atoms with van der Waals surface area (Å²) in [6, 6.07) is 13.0. The lowest BCUT2D eigenvalue weighted by Gasteiger charge is -2.25. The molecule has 27 heavy (non-hydrogen) atoms. The third kappa shape index (κ3) is 2.42. The summed E-state index contributed by atoms with van der Waals surface area (Å²) < 4.78 is 2.07. The van der Waals surface area contributed by atoms with E-state index in [1.165, 1.54) is 12.1 Å². The molecule has 2 aliphatic rings. The summed E-state index contributed by atoms with van der Waals surface area (Å²) >= 11 is 0. The number of nitriles is 1. The van der Waals surface area contributed by atoms with E-state index < -0.39 is 0 Å². The number of likely N-dealkylation sites (tertiary alicyclic amines) is 1. The van der Waals surface area contributed by atoms with Gasteiger partial charge < -0.3 is 9.80 Å². The van der Waals surface area contributed by atoms with Crippen LogP contribution in [0.5, 0.6) is 0 Å². The number of hydrogen-bond acceptors (Lipinski definition) is 5. The molecule has 0 amide bonds. The Kier molecular flexibility index (Phi) is 3.66. The van der Waals surface area contributed by atoms with Gasteiger partial charge in [-0.25, -0.2) is 4.98 Å². The first-order valence-electron chi connectivity index (χ1n) is 9.46. The van der Waals surface area contributed by atoms with Crippen molar-refractivity contribution in [1.29, 1.82) is 5.26 Å². The number of pyridine rings is 1. The molecule has 0 aliphatic carbocycles. The highest BCUT2D eigenvalue weighted by Crippen LogP contribution is 2.22. The lowest BCUT2D eigenvalue weighted by atomic mass is 10.1. The average molecular weight is 358 g/mol. The molecule has 4 heterocycles. The molecule has 0 unspecified atom stereocenters. The van der Waals surface area contributed by atoms with Crippen molar-refractivity contribution in [1.82, 2.24) is 19.2 Å². The van der Waals surface area contributed by atoms with Crippen LogP contribution in [0.25, 0.3) is 22.4 Å². The molecule has 3 aromatic rings. The largest absolute Gasteiger partial charge is 0.373 e. The number of imidazole rings is 1. The summed E-state index contributed by atoms with van der Waals surface area (Å²) in [5.41, 5.74) is 5.49. The molecule has 136 valence electrons. The minimum atomic E-state index is 0.577. The lowest BCUT2D eigenvalue weighted by Crippen LogP contribution is -2.42. The first kappa shape index (κ1) is 16.3. The zero-order chi connectivity index (χ0) is 18.5. The molecule has 0 spiro atoms. The van der Waals surface area contributed by atoms with E-state index in [2.05, 4.69) is 40.4 Å². The van der Waals surface area contributed by atoms with Crippen molar-refractivity contribution in [3.63, 3.8) is 0 Å². The van der Waals surface area contributed by atoms with Crippen molar-refractivity contribution in [2.24, 2.45) is 4.99 Å². The summed E-state index contributed by atoms with van der Waals surface area (Å²) in [7, 11) is 4.30. The molecule has 5 rings (SSSR count). The Hall–Kier alpha value is -2.91. The van der Waals surface area contributed by atoms with Gasteiger partial charge in [0.2, 0.25) is 0 Å². The molecule has 1 atom stereocenters. The normalized spacial score (nSPS) is 19.6. The molecular formula is C21H22N6. The second-order valence-corrected chi connectivity index (χ2v) is 7.60. The third-order valence-corrected chi connectivity index (χ3v) is 5.86. The maximum atomic E-state index is 9.77. The minimum Gasteiger partial charge on any atom is -0.373 e. The molecular weight excluding hydrogens is 336 g/mol. The number of fused-ring (bicyclic) bond motifs is 5. The molecule has 0 radical (unpaired) electrons. The summed E-state index contributed by atoms with van der Waals surface area (Å²) in [5.74, 6) is 0. The predicted molar refractivity (Wildman–Crippen MR) is 105 cm³/mol. The Morgan fingerprint density at radius 2 is 2.11 bits per heavy atom. The van der Waals surface area contributed by atoms with E-state index in [1.807, 2.05) is 24.3 Å². The molecule has 0 N–H and O–H groups in total. The van der Waals surface area contributed by atoms with Gasteiger partial charge >= 0.3 is 0 Å². The molecule has 1 saturated heterocycles. The van der Waals surface area contributed by atoms with Gasteiger partial charge in [-0.15, -0.1) is 0 Å². The van der Waals surface area contributed by atoms with E-state index in [9.17, 15) is 5.26 Å². The fourth-order valence-electron chi connectivity index (χ4n) is 4.40. The number of aromatic nitrogens is 2. The van der Waals surface area contributed by atoms with Crippen molar-refractivity contribution < 1.29 is 0 Å². The van der Waals surface area contributed by atoms with Crippen molar-refractivity contribution in [3.05, 3.63) is 46.6 Å². The van der Waals surface area contributed by atoms with Gasteiger partial charge in [-0.05, 0) is 38.7 Å². The first-order chi connectivity index (χ1) is 13.2. The molecule has 1 aromatic carbocycles. The van der Waals surface area contributed by atoms with Crippen LogP contribution in [0.1, 0.15) is 18.4 Å². The van der Waals surface area contributed by atoms with Gasteiger partial charge in [-0.3, -0.25) is 9.39 Å². The van der Waals surface area contributed by atoms with Gasteiger partial charge in [0, 0.05) is 43.0 Å². The van der Waals surface area contributed by atoms with Crippen LogP contribution < -0.4 is 10.7 Å². The van der Waals surface area contributed by atoms with E-state index in [-0.39, 0.29) is 0 Å². The highest BCUT2D eigenvalue weighted by Gasteiger charge is 2.27. The van der Waals surface area contributed by atoms with Gasteiger partial charge in [0.15, 0.2) is 5.65 Å². The Labute approximate surface area is 157 Å². The van der Waals surface area contributed by atoms with E-state index in [4.69, 9.17) is 9.98 Å². The summed E-state index contributed by atoms with van der Waals surface area (Å²) in [4.78, 5) is 14.4. The molecule has 0 bridgehead atoms. The minimum absolute atomic E-state index is 0.577. The van der Waals surface area contributed by atoms with Crippen LogP contribution in [0.2, 0.25) is 0 Å². The van der Waals surface area contributed by atoms with E-state index in [0.717, 1.165) is 47.8 Å². The standard InChI is InChI=1S/C21H22N6/c1-25(2)15-8-10-26(13-15)18-7-9-23-21-16(18)11-14(12-22)20-24-17-5-3-4-6-19(17)27(20)21/h3-6,11,15H,7-10,13H2,1-2H3/t15-/m1/s1. The Bertz CT molecular complexity index is 1210. The summed E-state index contributed by atoms with van der Waals surface area (Å²) in [6.07, 6.45) is 2.10. The lowest BCUT2D eigenvalue weighted by molar-refractivity contribution is 0.297. The highest BCUT2D eigenvalue weighted by atomic mass is 15.2. The number of likely N-dealkylation sites (N-methyl/N-ethyl adjacent to an activating group) is 1. The second-order valence-electron chi connectivity index (χ2n) is 7.60. The van der Waals surface area contributed by atoms with Crippen LogP contribution in [-0.2, 0) is 0 Å². The summed E-state index contributed by atoms with van der Waals surface area (Å²) in [5, 5.41) is 10.9. The van der Waals surface area contributed by atoms with Gasteiger partial charge in [-0.2, -0.15) is 5.26 Å². The maximum Gasteiger partial charge on any atom is 0.157 e. The van der Waals surface area contributed by atoms with Crippen molar-refractivity contribution in [2.75, 3.05) is 33.7 Å². The zero-order valence-corrected chi connectivity index (χ0v) is 15.7. The maximum absolute atomic E-state index is 9.77. The Balaban J connectivity index is 1.82. The van der Waals surface area contributed by atoms with Crippen LogP contribution in [0.4, 0.5) is 0 Å². The monoisotopic (exact) mass is 358 g/mol. The number of benzene rings is 1. The fraction of sp³-hybridized carbons (Fsp3) is 0.381. The van der Waals surface area contributed by atoms with Crippen molar-refractivity contribution in [3.8, 4) is 6.07 Å². The van der Waals surface area contributed by atoms with Crippen molar-refractivity contribution >= 4 is 22.4 Å². The number of hydrogen-bond donors (Lipinski definition) is 0. The SMILES string of the molecule is CN(C)[C@@H]1CCN(C2=c3cc(C#N)c4nc5ccccc5n4c3=NCC2)C1. The number of rotatable bonds is 2. The Morgan fingerprint density at radius 1 is 1.26 bits per heavy atom. The van der Waals surface area contributed by atoms with E-state index in [1.54, 1.807) is 0 Å². The molecule has 6 nitrogen and oxygen atoms in total. The van der Waals surface area contributed by atoms with Crippen LogP contribution in [0.3, 0.4) is 0 Å². The van der Waals surface area contributed by atoms with Crippen LogP contribution in [0.15, 0.2) is 35.3 Å². The Morgan fingerprint density at radius 3 is 2.89 bits per heavy atom. The molecule has 6 heteroatoms. The quantitative estimate of drug-likeness (QED) is 0.689. The van der Waals surface area contributed by atoms with Crippen LogP contribution in [-0.4, -0.2) is 59.0 Å². The topological polar surface area (TPSA) is 59.9 Å².